The highest BCUT2D eigenvalue weighted by atomic mass is 19.4. The predicted molar refractivity (Wildman–Crippen MR) is 117 cm³/mol. The lowest BCUT2D eigenvalue weighted by molar-refractivity contribution is -0.144. The molecule has 0 amide bonds. The van der Waals surface area contributed by atoms with Gasteiger partial charge in [0.25, 0.3) is 0 Å². The second-order valence-electron chi connectivity index (χ2n) is 8.67. The van der Waals surface area contributed by atoms with Crippen LogP contribution in [0.2, 0.25) is 0 Å². The molecule has 0 unspecified atom stereocenters. The van der Waals surface area contributed by atoms with Gasteiger partial charge in [-0.3, -0.25) is 0 Å². The van der Waals surface area contributed by atoms with Crippen LogP contribution in [0.3, 0.4) is 0 Å². The van der Waals surface area contributed by atoms with E-state index < -0.39 is 12.0 Å². The number of rotatable bonds is 4. The van der Waals surface area contributed by atoms with Crippen LogP contribution in [0.5, 0.6) is 0 Å². The highest BCUT2D eigenvalue weighted by Crippen LogP contribution is 2.38. The lowest BCUT2D eigenvalue weighted by Crippen LogP contribution is -2.20. The van der Waals surface area contributed by atoms with Gasteiger partial charge >= 0.3 is 6.18 Å². The Morgan fingerprint density at radius 2 is 1.97 bits per heavy atom. The summed E-state index contributed by atoms with van der Waals surface area (Å²) in [5, 5.41) is 13.1. The highest BCUT2D eigenvalue weighted by molar-refractivity contribution is 5.92. The van der Waals surface area contributed by atoms with Gasteiger partial charge in [0.2, 0.25) is 5.82 Å². The third-order valence-corrected chi connectivity index (χ3v) is 6.58. The molecule has 4 aromatic heterocycles. The van der Waals surface area contributed by atoms with E-state index in [1.54, 1.807) is 29.0 Å². The maximum absolute atomic E-state index is 12.9. The standard InChI is InChI=1S/C22H21F3N8/c23-22(24,25)21-29-16-6-5-14(9-17(16)30-21)27-10-12-1-3-13(4-2-12)18-19-15-7-8-26-20(15)28-11-33(19)32-31-18/h5-9,11-13,26-27H,1-4,10H2,(H,29,30). The molecule has 5 aromatic rings. The van der Waals surface area contributed by atoms with Crippen LogP contribution in [0.1, 0.15) is 43.1 Å². The fourth-order valence-corrected chi connectivity index (χ4v) is 4.85. The van der Waals surface area contributed by atoms with Crippen molar-refractivity contribution in [2.45, 2.75) is 37.8 Å². The van der Waals surface area contributed by atoms with Gasteiger partial charge in [-0.15, -0.1) is 5.10 Å². The Hall–Kier alpha value is -3.63. The molecule has 0 bridgehead atoms. The van der Waals surface area contributed by atoms with Crippen molar-refractivity contribution in [3.63, 3.8) is 0 Å². The van der Waals surface area contributed by atoms with Crippen LogP contribution in [0.25, 0.3) is 27.6 Å². The molecule has 0 radical (unpaired) electrons. The molecule has 1 aliphatic rings. The van der Waals surface area contributed by atoms with E-state index in [2.05, 4.69) is 35.6 Å². The summed E-state index contributed by atoms with van der Waals surface area (Å²) >= 11 is 0. The molecule has 1 aliphatic carbocycles. The molecule has 8 nitrogen and oxygen atoms in total. The Bertz CT molecular complexity index is 1440. The van der Waals surface area contributed by atoms with Crippen LogP contribution in [-0.2, 0) is 6.18 Å². The molecular formula is C22H21F3N8. The maximum Gasteiger partial charge on any atom is 0.449 e. The smallest absolute Gasteiger partial charge is 0.385 e. The number of H-pyrrole nitrogens is 2. The molecule has 0 spiro atoms. The highest BCUT2D eigenvalue weighted by Gasteiger charge is 2.34. The molecule has 1 saturated carbocycles. The molecule has 11 heteroatoms. The number of nitrogens with one attached hydrogen (secondary N) is 3. The van der Waals surface area contributed by atoms with Crippen molar-refractivity contribution in [1.82, 2.24) is 34.8 Å². The number of benzene rings is 1. The third kappa shape index (κ3) is 3.57. The van der Waals surface area contributed by atoms with Gasteiger partial charge in [-0.2, -0.15) is 13.2 Å². The van der Waals surface area contributed by atoms with Crippen molar-refractivity contribution in [1.29, 1.82) is 0 Å². The van der Waals surface area contributed by atoms with Crippen LogP contribution in [0.4, 0.5) is 18.9 Å². The fourth-order valence-electron chi connectivity index (χ4n) is 4.85. The molecule has 0 atom stereocenters. The van der Waals surface area contributed by atoms with Crippen LogP contribution in [-0.4, -0.2) is 41.3 Å². The van der Waals surface area contributed by atoms with Gasteiger partial charge in [0, 0.05) is 29.7 Å². The van der Waals surface area contributed by atoms with E-state index in [1.807, 2.05) is 12.3 Å². The zero-order valence-corrected chi connectivity index (χ0v) is 17.5. The summed E-state index contributed by atoms with van der Waals surface area (Å²) in [6.07, 6.45) is 3.21. The lowest BCUT2D eigenvalue weighted by Gasteiger charge is -2.28. The van der Waals surface area contributed by atoms with Gasteiger partial charge in [0.15, 0.2) is 0 Å². The number of fused-ring (bicyclic) bond motifs is 4. The number of halogens is 3. The molecule has 6 rings (SSSR count). The number of aromatic nitrogens is 7. The largest absolute Gasteiger partial charge is 0.449 e. The number of hydrogen-bond donors (Lipinski definition) is 3. The molecule has 170 valence electrons. The molecule has 1 fully saturated rings. The Morgan fingerprint density at radius 3 is 2.79 bits per heavy atom. The van der Waals surface area contributed by atoms with Crippen molar-refractivity contribution in [3.05, 3.63) is 48.3 Å². The molecular weight excluding hydrogens is 433 g/mol. The number of aromatic amines is 2. The monoisotopic (exact) mass is 454 g/mol. The normalized spacial score (nSPS) is 19.6. The molecule has 3 N–H and O–H groups in total. The van der Waals surface area contributed by atoms with Gasteiger partial charge in [-0.25, -0.2) is 14.5 Å². The average Bonchev–Trinajstić information content (AvgIpc) is 3.54. The summed E-state index contributed by atoms with van der Waals surface area (Å²) in [5.74, 6) is -0.136. The second kappa shape index (κ2) is 7.46. The van der Waals surface area contributed by atoms with Crippen molar-refractivity contribution in [2.24, 2.45) is 5.92 Å². The molecule has 4 heterocycles. The predicted octanol–water partition coefficient (Wildman–Crippen LogP) is 4.89. The van der Waals surface area contributed by atoms with Gasteiger partial charge in [0.05, 0.1) is 16.7 Å². The molecule has 0 aliphatic heterocycles. The Balaban J connectivity index is 1.12. The van der Waals surface area contributed by atoms with Crippen LogP contribution >= 0.6 is 0 Å². The zero-order chi connectivity index (χ0) is 22.6. The van der Waals surface area contributed by atoms with E-state index >= 15 is 0 Å². The fraction of sp³-hybridized carbons (Fsp3) is 0.364. The van der Waals surface area contributed by atoms with E-state index in [0.29, 0.717) is 22.9 Å². The summed E-state index contributed by atoms with van der Waals surface area (Å²) in [5.41, 5.74) is 4.35. The van der Waals surface area contributed by atoms with Crippen molar-refractivity contribution in [3.8, 4) is 0 Å². The van der Waals surface area contributed by atoms with Crippen LogP contribution in [0, 0.1) is 5.92 Å². The first-order valence-electron chi connectivity index (χ1n) is 10.9. The Morgan fingerprint density at radius 1 is 1.12 bits per heavy atom. The minimum absolute atomic E-state index is 0.306. The van der Waals surface area contributed by atoms with Gasteiger partial charge in [-0.05, 0) is 55.9 Å². The number of alkyl halides is 3. The summed E-state index contributed by atoms with van der Waals surface area (Å²) in [6.45, 7) is 0.770. The van der Waals surface area contributed by atoms with Crippen molar-refractivity contribution in [2.75, 3.05) is 11.9 Å². The summed E-state index contributed by atoms with van der Waals surface area (Å²) in [4.78, 5) is 13.5. The second-order valence-corrected chi connectivity index (χ2v) is 8.67. The lowest BCUT2D eigenvalue weighted by atomic mass is 9.80. The topological polar surface area (TPSA) is 99.6 Å². The molecule has 1 aromatic carbocycles. The van der Waals surface area contributed by atoms with E-state index in [0.717, 1.165) is 60.2 Å². The van der Waals surface area contributed by atoms with Gasteiger partial charge < -0.3 is 15.3 Å². The summed E-state index contributed by atoms with van der Waals surface area (Å²) < 4.78 is 40.4. The van der Waals surface area contributed by atoms with Gasteiger partial charge in [-0.1, -0.05) is 5.21 Å². The van der Waals surface area contributed by atoms with E-state index in [1.165, 1.54) is 0 Å². The van der Waals surface area contributed by atoms with Crippen LogP contribution < -0.4 is 5.32 Å². The first-order chi connectivity index (χ1) is 16.0. The summed E-state index contributed by atoms with van der Waals surface area (Å²) in [7, 11) is 0. The molecule has 33 heavy (non-hydrogen) atoms. The first-order valence-corrected chi connectivity index (χ1v) is 10.9. The van der Waals surface area contributed by atoms with Crippen molar-refractivity contribution < 1.29 is 13.2 Å². The number of anilines is 1. The maximum atomic E-state index is 12.9. The Kier molecular flexibility index (Phi) is 4.52. The quantitative estimate of drug-likeness (QED) is 0.359. The minimum Gasteiger partial charge on any atom is -0.385 e. The number of imidazole rings is 1. The average molecular weight is 454 g/mol. The van der Waals surface area contributed by atoms with Crippen LogP contribution in [0.15, 0.2) is 36.8 Å². The minimum atomic E-state index is -4.48. The number of hydrogen-bond acceptors (Lipinski definition) is 5. The van der Waals surface area contributed by atoms with E-state index in [-0.39, 0.29) is 0 Å². The van der Waals surface area contributed by atoms with E-state index in [9.17, 15) is 13.2 Å². The van der Waals surface area contributed by atoms with E-state index in [4.69, 9.17) is 0 Å². The third-order valence-electron chi connectivity index (χ3n) is 6.58. The van der Waals surface area contributed by atoms with Gasteiger partial charge in [0.1, 0.15) is 17.5 Å². The summed E-state index contributed by atoms with van der Waals surface area (Å²) in [6, 6.07) is 7.07. The number of nitrogens with zero attached hydrogens (tertiary/aromatic N) is 5. The van der Waals surface area contributed by atoms with Crippen molar-refractivity contribution >= 4 is 33.3 Å². The molecule has 0 saturated heterocycles. The SMILES string of the molecule is FC(F)(F)c1nc2ccc(NCC3CCC(c4nnn5cnc6[nH]ccc6c45)CC3)cc2[nH]1. The zero-order valence-electron chi connectivity index (χ0n) is 17.5. The Labute approximate surface area is 185 Å². The first kappa shape index (κ1) is 20.0.